The number of halogens is 1. The van der Waals surface area contributed by atoms with Gasteiger partial charge in [-0.25, -0.2) is 0 Å². The van der Waals surface area contributed by atoms with Gasteiger partial charge in [-0.1, -0.05) is 24.6 Å². The number of piperidine rings is 1. The number of hydrogen-bond acceptors (Lipinski definition) is 3. The minimum atomic E-state index is 0.00693. The lowest BCUT2D eigenvalue weighted by Crippen LogP contribution is -2.38. The molecule has 4 nitrogen and oxygen atoms in total. The third-order valence-electron chi connectivity index (χ3n) is 4.51. The molecule has 1 saturated heterocycles. The van der Waals surface area contributed by atoms with Crippen molar-refractivity contribution in [3.05, 3.63) is 52.8 Å². The molecular formula is C19H22ClN3O. The van der Waals surface area contributed by atoms with E-state index in [-0.39, 0.29) is 5.91 Å². The Balaban J connectivity index is 1.73. The Morgan fingerprint density at radius 3 is 2.62 bits per heavy atom. The molecule has 2 aromatic rings. The highest BCUT2D eigenvalue weighted by molar-refractivity contribution is 6.31. The van der Waals surface area contributed by atoms with Crippen molar-refractivity contribution in [1.82, 2.24) is 9.88 Å². The maximum atomic E-state index is 12.6. The quantitative estimate of drug-likeness (QED) is 0.881. The van der Waals surface area contributed by atoms with E-state index in [1.165, 1.54) is 0 Å². The molecule has 3 rings (SSSR count). The summed E-state index contributed by atoms with van der Waals surface area (Å²) in [5, 5.41) is 4.00. The second-order valence-corrected chi connectivity index (χ2v) is 6.90. The highest BCUT2D eigenvalue weighted by Crippen LogP contribution is 2.24. The molecule has 24 heavy (non-hydrogen) atoms. The first-order valence-electron chi connectivity index (χ1n) is 8.31. The lowest BCUT2D eigenvalue weighted by atomic mass is 9.99. The van der Waals surface area contributed by atoms with Gasteiger partial charge in [0.2, 0.25) is 0 Å². The zero-order valence-corrected chi connectivity index (χ0v) is 14.8. The predicted molar refractivity (Wildman–Crippen MR) is 98.0 cm³/mol. The number of carbonyl (C=O) groups excluding carboxylic acids is 1. The fraction of sp³-hybridized carbons (Fsp3) is 0.368. The maximum absolute atomic E-state index is 12.6. The van der Waals surface area contributed by atoms with E-state index in [0.717, 1.165) is 42.9 Å². The summed E-state index contributed by atoms with van der Waals surface area (Å²) < 4.78 is 0. The first-order chi connectivity index (χ1) is 11.5. The van der Waals surface area contributed by atoms with Crippen LogP contribution in [0.2, 0.25) is 5.02 Å². The number of aryl methyl sites for hydroxylation is 1. The van der Waals surface area contributed by atoms with Crippen LogP contribution in [0.1, 0.15) is 35.8 Å². The van der Waals surface area contributed by atoms with Gasteiger partial charge in [0.05, 0.1) is 0 Å². The number of rotatable bonds is 3. The Morgan fingerprint density at radius 1 is 1.21 bits per heavy atom. The van der Waals surface area contributed by atoms with Gasteiger partial charge in [-0.3, -0.25) is 9.78 Å². The molecule has 1 fully saturated rings. The van der Waals surface area contributed by atoms with Crippen molar-refractivity contribution in [3.63, 3.8) is 0 Å². The van der Waals surface area contributed by atoms with E-state index in [1.54, 1.807) is 12.3 Å². The van der Waals surface area contributed by atoms with Crippen LogP contribution in [0, 0.1) is 12.8 Å². The smallest absolute Gasteiger partial charge is 0.272 e. The first-order valence-corrected chi connectivity index (χ1v) is 8.69. The van der Waals surface area contributed by atoms with Gasteiger partial charge in [-0.05, 0) is 55.5 Å². The highest BCUT2D eigenvalue weighted by atomic mass is 35.5. The van der Waals surface area contributed by atoms with Gasteiger partial charge in [0.1, 0.15) is 5.69 Å². The van der Waals surface area contributed by atoms with Crippen molar-refractivity contribution < 1.29 is 4.79 Å². The van der Waals surface area contributed by atoms with E-state index >= 15 is 0 Å². The second-order valence-electron chi connectivity index (χ2n) is 6.49. The van der Waals surface area contributed by atoms with Crippen LogP contribution < -0.4 is 5.32 Å². The topological polar surface area (TPSA) is 45.2 Å². The van der Waals surface area contributed by atoms with Crippen LogP contribution >= 0.6 is 11.6 Å². The molecule has 1 aliphatic rings. The van der Waals surface area contributed by atoms with Crippen LogP contribution in [0.4, 0.5) is 11.4 Å². The third kappa shape index (κ3) is 3.88. The zero-order chi connectivity index (χ0) is 17.1. The van der Waals surface area contributed by atoms with Crippen molar-refractivity contribution in [2.75, 3.05) is 18.4 Å². The molecule has 1 aliphatic heterocycles. The summed E-state index contributed by atoms with van der Waals surface area (Å²) in [5.74, 6) is 0.703. The summed E-state index contributed by atoms with van der Waals surface area (Å²) in [6.07, 6.45) is 3.79. The summed E-state index contributed by atoms with van der Waals surface area (Å²) in [7, 11) is 0. The fourth-order valence-electron chi connectivity index (χ4n) is 2.84. The molecule has 0 radical (unpaired) electrons. The molecule has 2 heterocycles. The van der Waals surface area contributed by atoms with Crippen molar-refractivity contribution in [2.24, 2.45) is 5.92 Å². The molecule has 1 amide bonds. The molecular weight excluding hydrogens is 322 g/mol. The molecule has 0 spiro atoms. The SMILES string of the molecule is Cc1ccc(Nc2ccnc(C(=O)N3CCC(C)CC3)c2)cc1Cl. The Hall–Kier alpha value is -2.07. The van der Waals surface area contributed by atoms with E-state index in [4.69, 9.17) is 11.6 Å². The number of anilines is 2. The number of amides is 1. The van der Waals surface area contributed by atoms with E-state index < -0.39 is 0 Å². The minimum Gasteiger partial charge on any atom is -0.355 e. The number of benzene rings is 1. The van der Waals surface area contributed by atoms with Crippen LogP contribution in [-0.4, -0.2) is 28.9 Å². The van der Waals surface area contributed by atoms with Crippen molar-refractivity contribution >= 4 is 28.9 Å². The molecule has 0 atom stereocenters. The Morgan fingerprint density at radius 2 is 1.92 bits per heavy atom. The second kappa shape index (κ2) is 7.22. The lowest BCUT2D eigenvalue weighted by Gasteiger charge is -2.30. The average Bonchev–Trinajstić information content (AvgIpc) is 2.58. The number of aromatic nitrogens is 1. The summed E-state index contributed by atoms with van der Waals surface area (Å²) in [6.45, 7) is 5.83. The summed E-state index contributed by atoms with van der Waals surface area (Å²) >= 11 is 6.16. The van der Waals surface area contributed by atoms with Gasteiger partial charge in [-0.15, -0.1) is 0 Å². The van der Waals surface area contributed by atoms with Crippen LogP contribution in [0.25, 0.3) is 0 Å². The number of pyridine rings is 1. The molecule has 0 aliphatic carbocycles. The van der Waals surface area contributed by atoms with E-state index in [0.29, 0.717) is 16.6 Å². The normalized spacial score (nSPS) is 15.4. The number of carbonyl (C=O) groups is 1. The monoisotopic (exact) mass is 343 g/mol. The zero-order valence-electron chi connectivity index (χ0n) is 14.1. The van der Waals surface area contributed by atoms with Crippen molar-refractivity contribution in [2.45, 2.75) is 26.7 Å². The Kier molecular flexibility index (Phi) is 5.05. The van der Waals surface area contributed by atoms with Gasteiger partial charge in [0.25, 0.3) is 5.91 Å². The largest absolute Gasteiger partial charge is 0.355 e. The molecule has 0 unspecified atom stereocenters. The van der Waals surface area contributed by atoms with Gasteiger partial charge in [0.15, 0.2) is 0 Å². The Bertz CT molecular complexity index is 739. The molecule has 1 aromatic heterocycles. The van der Waals surface area contributed by atoms with E-state index in [2.05, 4.69) is 17.2 Å². The summed E-state index contributed by atoms with van der Waals surface area (Å²) in [4.78, 5) is 18.8. The van der Waals surface area contributed by atoms with E-state index in [9.17, 15) is 4.79 Å². The average molecular weight is 344 g/mol. The van der Waals surface area contributed by atoms with Crippen molar-refractivity contribution in [3.8, 4) is 0 Å². The summed E-state index contributed by atoms with van der Waals surface area (Å²) in [6, 6.07) is 9.46. The number of likely N-dealkylation sites (tertiary alicyclic amines) is 1. The van der Waals surface area contributed by atoms with Crippen LogP contribution in [0.3, 0.4) is 0 Å². The fourth-order valence-corrected chi connectivity index (χ4v) is 3.02. The molecule has 1 N–H and O–H groups in total. The summed E-state index contributed by atoms with van der Waals surface area (Å²) in [5.41, 5.74) is 3.24. The van der Waals surface area contributed by atoms with E-state index in [1.807, 2.05) is 36.1 Å². The van der Waals surface area contributed by atoms with Gasteiger partial charge >= 0.3 is 0 Å². The maximum Gasteiger partial charge on any atom is 0.272 e. The number of hydrogen-bond donors (Lipinski definition) is 1. The van der Waals surface area contributed by atoms with Crippen LogP contribution in [0.15, 0.2) is 36.5 Å². The molecule has 0 saturated carbocycles. The molecule has 5 heteroatoms. The lowest BCUT2D eigenvalue weighted by molar-refractivity contribution is 0.0691. The number of nitrogens with one attached hydrogen (secondary N) is 1. The van der Waals surface area contributed by atoms with Gasteiger partial charge < -0.3 is 10.2 Å². The molecule has 126 valence electrons. The minimum absolute atomic E-state index is 0.00693. The first kappa shape index (κ1) is 16.8. The van der Waals surface area contributed by atoms with Gasteiger partial charge in [-0.2, -0.15) is 0 Å². The third-order valence-corrected chi connectivity index (χ3v) is 4.92. The standard InChI is InChI=1S/C19H22ClN3O/c1-13-6-9-23(10-7-13)19(24)18-12-16(5-8-21-18)22-15-4-3-14(2)17(20)11-15/h3-5,8,11-13H,6-7,9-10H2,1-2H3,(H,21,22). The molecule has 0 bridgehead atoms. The van der Waals surface area contributed by atoms with Gasteiger partial charge in [0, 0.05) is 35.7 Å². The van der Waals surface area contributed by atoms with Crippen LogP contribution in [0.5, 0.6) is 0 Å². The molecule has 1 aromatic carbocycles. The highest BCUT2D eigenvalue weighted by Gasteiger charge is 2.22. The Labute approximate surface area is 147 Å². The van der Waals surface area contributed by atoms with Crippen LogP contribution in [-0.2, 0) is 0 Å². The predicted octanol–water partition coefficient (Wildman–Crippen LogP) is 4.66. The van der Waals surface area contributed by atoms with Crippen molar-refractivity contribution in [1.29, 1.82) is 0 Å². The number of nitrogens with zero attached hydrogens (tertiary/aromatic N) is 2.